The molecule has 2 rings (SSSR count). The minimum atomic E-state index is -3.86. The quantitative estimate of drug-likeness (QED) is 0.669. The van der Waals surface area contributed by atoms with Crippen LogP contribution in [0.15, 0.2) is 17.0 Å². The Morgan fingerprint density at radius 3 is 2.29 bits per heavy atom. The van der Waals surface area contributed by atoms with E-state index >= 15 is 0 Å². The maximum absolute atomic E-state index is 12.7. The molecular weight excluding hydrogens is 294 g/mol. The number of aryl methyl sites for hydroxylation is 2. The second-order valence-corrected chi connectivity index (χ2v) is 7.31. The van der Waals surface area contributed by atoms with E-state index in [2.05, 4.69) is 0 Å². The molecule has 7 nitrogen and oxygen atoms in total. The zero-order chi connectivity index (χ0) is 15.8. The zero-order valence-corrected chi connectivity index (χ0v) is 12.9. The molecule has 2 N–H and O–H groups in total. The summed E-state index contributed by atoms with van der Waals surface area (Å²) in [4.78, 5) is 10.3. The second-order valence-electron chi connectivity index (χ2n) is 5.40. The van der Waals surface area contributed by atoms with E-state index in [1.54, 1.807) is 13.8 Å². The molecular formula is C13H19N3O4S. The fourth-order valence-corrected chi connectivity index (χ4v) is 4.07. The molecule has 0 atom stereocenters. The van der Waals surface area contributed by atoms with E-state index in [1.807, 2.05) is 0 Å². The molecule has 0 amide bonds. The van der Waals surface area contributed by atoms with Crippen LogP contribution in [0, 0.1) is 24.0 Å². The van der Waals surface area contributed by atoms with Crippen LogP contribution in [-0.2, 0) is 10.0 Å². The van der Waals surface area contributed by atoms with Crippen molar-refractivity contribution in [2.45, 2.75) is 37.6 Å². The molecule has 0 radical (unpaired) electrons. The lowest BCUT2D eigenvalue weighted by Crippen LogP contribution is -2.42. The van der Waals surface area contributed by atoms with Gasteiger partial charge in [0.1, 0.15) is 0 Å². The van der Waals surface area contributed by atoms with Gasteiger partial charge < -0.3 is 5.73 Å². The standard InChI is InChI=1S/C13H19N3O4S/c1-9-7-12(16(17)18)13(8-10(9)2)21(19,20)15-5-3-11(14)4-6-15/h7-8,11H,3-6,14H2,1-2H3. The number of nitro groups is 1. The summed E-state index contributed by atoms with van der Waals surface area (Å²) in [5.74, 6) is 0. The smallest absolute Gasteiger partial charge is 0.289 e. The molecule has 0 aromatic heterocycles. The average molecular weight is 313 g/mol. The van der Waals surface area contributed by atoms with Gasteiger partial charge in [-0.1, -0.05) is 0 Å². The van der Waals surface area contributed by atoms with Crippen molar-refractivity contribution in [3.63, 3.8) is 0 Å². The Labute approximate surface area is 123 Å². The molecule has 8 heteroatoms. The molecule has 0 spiro atoms. The van der Waals surface area contributed by atoms with E-state index in [0.29, 0.717) is 37.1 Å². The van der Waals surface area contributed by atoms with E-state index in [0.717, 1.165) is 0 Å². The minimum absolute atomic E-state index is 0.00816. The molecule has 1 fully saturated rings. The molecule has 0 saturated carbocycles. The van der Waals surface area contributed by atoms with E-state index in [-0.39, 0.29) is 16.6 Å². The Kier molecular flexibility index (Phi) is 4.31. The van der Waals surface area contributed by atoms with Crippen LogP contribution in [0.1, 0.15) is 24.0 Å². The van der Waals surface area contributed by atoms with E-state index in [1.165, 1.54) is 16.4 Å². The third-order valence-corrected chi connectivity index (χ3v) is 5.82. The Hall–Kier alpha value is -1.51. The van der Waals surface area contributed by atoms with Crippen LogP contribution < -0.4 is 5.73 Å². The summed E-state index contributed by atoms with van der Waals surface area (Å²) in [6.45, 7) is 4.06. The first-order chi connectivity index (χ1) is 9.73. The molecule has 1 saturated heterocycles. The summed E-state index contributed by atoms with van der Waals surface area (Å²) in [5, 5.41) is 11.2. The molecule has 0 unspecified atom stereocenters. The number of rotatable bonds is 3. The number of nitrogens with zero attached hydrogens (tertiary/aromatic N) is 2. The van der Waals surface area contributed by atoms with Crippen molar-refractivity contribution in [1.29, 1.82) is 0 Å². The molecule has 116 valence electrons. The number of piperidine rings is 1. The summed E-state index contributed by atoms with van der Waals surface area (Å²) in [5.41, 5.74) is 6.81. The number of benzene rings is 1. The fraction of sp³-hybridized carbons (Fsp3) is 0.538. The first-order valence-electron chi connectivity index (χ1n) is 6.75. The minimum Gasteiger partial charge on any atom is -0.328 e. The van der Waals surface area contributed by atoms with Gasteiger partial charge >= 0.3 is 0 Å². The van der Waals surface area contributed by atoms with Gasteiger partial charge in [-0.3, -0.25) is 10.1 Å². The SMILES string of the molecule is Cc1cc([N+](=O)[O-])c(S(=O)(=O)N2CCC(N)CC2)cc1C. The predicted molar refractivity (Wildman–Crippen MR) is 78.5 cm³/mol. The van der Waals surface area contributed by atoms with Crippen LogP contribution >= 0.6 is 0 Å². The van der Waals surface area contributed by atoms with Gasteiger partial charge in [-0.05, 0) is 43.9 Å². The highest BCUT2D eigenvalue weighted by molar-refractivity contribution is 7.89. The highest BCUT2D eigenvalue weighted by atomic mass is 32.2. The lowest BCUT2D eigenvalue weighted by Gasteiger charge is -2.29. The second kappa shape index (κ2) is 5.70. The van der Waals surface area contributed by atoms with Gasteiger partial charge in [-0.15, -0.1) is 0 Å². The summed E-state index contributed by atoms with van der Waals surface area (Å²) >= 11 is 0. The summed E-state index contributed by atoms with van der Waals surface area (Å²) < 4.78 is 26.6. The number of hydrogen-bond acceptors (Lipinski definition) is 5. The normalized spacial score (nSPS) is 17.9. The van der Waals surface area contributed by atoms with Gasteiger partial charge in [-0.2, -0.15) is 4.31 Å². The molecule has 1 aliphatic heterocycles. The lowest BCUT2D eigenvalue weighted by molar-refractivity contribution is -0.387. The predicted octanol–water partition coefficient (Wildman–Crippen LogP) is 1.32. The maximum atomic E-state index is 12.7. The highest BCUT2D eigenvalue weighted by Gasteiger charge is 2.34. The summed E-state index contributed by atoms with van der Waals surface area (Å²) in [6.07, 6.45) is 1.13. The van der Waals surface area contributed by atoms with Gasteiger partial charge in [0.15, 0.2) is 4.90 Å². The molecule has 1 heterocycles. The van der Waals surface area contributed by atoms with Crippen molar-refractivity contribution in [2.75, 3.05) is 13.1 Å². The van der Waals surface area contributed by atoms with Crippen molar-refractivity contribution < 1.29 is 13.3 Å². The van der Waals surface area contributed by atoms with Gasteiger partial charge in [0.2, 0.25) is 10.0 Å². The van der Waals surface area contributed by atoms with Crippen molar-refractivity contribution in [3.8, 4) is 0 Å². The largest absolute Gasteiger partial charge is 0.328 e. The third kappa shape index (κ3) is 3.07. The zero-order valence-electron chi connectivity index (χ0n) is 12.1. The van der Waals surface area contributed by atoms with Crippen molar-refractivity contribution in [2.24, 2.45) is 5.73 Å². The molecule has 21 heavy (non-hydrogen) atoms. The third-order valence-electron chi connectivity index (χ3n) is 3.89. The average Bonchev–Trinajstić information content (AvgIpc) is 2.41. The molecule has 0 aliphatic carbocycles. The van der Waals surface area contributed by atoms with Gasteiger partial charge in [-0.25, -0.2) is 8.42 Å². The molecule has 1 aromatic rings. The monoisotopic (exact) mass is 313 g/mol. The van der Waals surface area contributed by atoms with Crippen molar-refractivity contribution in [1.82, 2.24) is 4.31 Å². The first-order valence-corrected chi connectivity index (χ1v) is 8.19. The Bertz CT molecular complexity index is 664. The number of nitro benzene ring substituents is 1. The van der Waals surface area contributed by atoms with E-state index < -0.39 is 14.9 Å². The number of sulfonamides is 1. The van der Waals surface area contributed by atoms with Crippen molar-refractivity contribution in [3.05, 3.63) is 33.4 Å². The number of nitrogens with two attached hydrogens (primary N) is 1. The van der Waals surface area contributed by atoms with Crippen molar-refractivity contribution >= 4 is 15.7 Å². The van der Waals surface area contributed by atoms with Gasteiger partial charge in [0.25, 0.3) is 5.69 Å². The van der Waals surface area contributed by atoms with Gasteiger partial charge in [0, 0.05) is 25.2 Å². The van der Waals surface area contributed by atoms with Crippen LogP contribution in [0.4, 0.5) is 5.69 Å². The van der Waals surface area contributed by atoms with Crippen LogP contribution in [-0.4, -0.2) is 36.8 Å². The summed E-state index contributed by atoms with van der Waals surface area (Å²) in [7, 11) is -3.86. The first kappa shape index (κ1) is 15.9. The van der Waals surface area contributed by atoms with Crippen LogP contribution in [0.25, 0.3) is 0 Å². The van der Waals surface area contributed by atoms with Crippen LogP contribution in [0.3, 0.4) is 0 Å². The van der Waals surface area contributed by atoms with Crippen LogP contribution in [0.2, 0.25) is 0 Å². The Balaban J connectivity index is 2.49. The topological polar surface area (TPSA) is 107 Å². The molecule has 1 aliphatic rings. The van der Waals surface area contributed by atoms with E-state index in [4.69, 9.17) is 5.73 Å². The molecule has 1 aromatic carbocycles. The van der Waals surface area contributed by atoms with Crippen LogP contribution in [0.5, 0.6) is 0 Å². The summed E-state index contributed by atoms with van der Waals surface area (Å²) in [6, 6.07) is 2.70. The lowest BCUT2D eigenvalue weighted by atomic mass is 10.1. The maximum Gasteiger partial charge on any atom is 0.289 e. The fourth-order valence-electron chi connectivity index (χ4n) is 2.38. The van der Waals surface area contributed by atoms with E-state index in [9.17, 15) is 18.5 Å². The Morgan fingerprint density at radius 2 is 1.76 bits per heavy atom. The highest BCUT2D eigenvalue weighted by Crippen LogP contribution is 2.30. The number of hydrogen-bond donors (Lipinski definition) is 1. The molecule has 0 bridgehead atoms. The van der Waals surface area contributed by atoms with Gasteiger partial charge in [0.05, 0.1) is 4.92 Å². The Morgan fingerprint density at radius 1 is 1.24 bits per heavy atom.